The monoisotopic (exact) mass is 294 g/mol. The van der Waals surface area contributed by atoms with Gasteiger partial charge in [0, 0.05) is 49.7 Å². The van der Waals surface area contributed by atoms with Gasteiger partial charge in [-0.15, -0.1) is 11.6 Å². The summed E-state index contributed by atoms with van der Waals surface area (Å²) in [7, 11) is 0. The summed E-state index contributed by atoms with van der Waals surface area (Å²) in [6.45, 7) is 6.37. The molecule has 1 aliphatic heterocycles. The first-order valence-corrected chi connectivity index (χ1v) is 8.19. The molecule has 0 radical (unpaired) electrons. The lowest BCUT2D eigenvalue weighted by Crippen LogP contribution is -2.50. The lowest BCUT2D eigenvalue weighted by molar-refractivity contribution is 0.187. The van der Waals surface area contributed by atoms with Gasteiger partial charge in [0.1, 0.15) is 0 Å². The number of anilines is 1. The fourth-order valence-electron chi connectivity index (χ4n) is 3.32. The molecule has 4 nitrogen and oxygen atoms in total. The lowest BCUT2D eigenvalue weighted by atomic mass is 10.2. The van der Waals surface area contributed by atoms with Crippen LogP contribution in [-0.4, -0.2) is 47.1 Å². The number of hydrogen-bond acceptors (Lipinski definition) is 4. The van der Waals surface area contributed by atoms with E-state index in [0.717, 1.165) is 49.4 Å². The number of alkyl halides is 1. The molecule has 1 aromatic heterocycles. The smallest absolute Gasteiger partial charge is 0.225 e. The van der Waals surface area contributed by atoms with Crippen molar-refractivity contribution in [2.45, 2.75) is 44.5 Å². The maximum atomic E-state index is 5.86. The predicted molar refractivity (Wildman–Crippen MR) is 82.4 cm³/mol. The van der Waals surface area contributed by atoms with E-state index >= 15 is 0 Å². The van der Waals surface area contributed by atoms with Crippen LogP contribution in [0.25, 0.3) is 0 Å². The van der Waals surface area contributed by atoms with Gasteiger partial charge in [0.25, 0.3) is 0 Å². The Balaban J connectivity index is 1.61. The zero-order chi connectivity index (χ0) is 13.9. The van der Waals surface area contributed by atoms with Gasteiger partial charge in [0.15, 0.2) is 0 Å². The summed E-state index contributed by atoms with van der Waals surface area (Å²) >= 11 is 5.86. The van der Waals surface area contributed by atoms with Crippen LogP contribution in [-0.2, 0) is 5.88 Å². The molecule has 1 saturated carbocycles. The first-order valence-electron chi connectivity index (χ1n) is 7.65. The van der Waals surface area contributed by atoms with Crippen molar-refractivity contribution < 1.29 is 0 Å². The van der Waals surface area contributed by atoms with Crippen molar-refractivity contribution in [3.05, 3.63) is 17.5 Å². The Hall–Kier alpha value is -0.870. The van der Waals surface area contributed by atoms with Gasteiger partial charge in [-0.05, 0) is 19.8 Å². The Kier molecular flexibility index (Phi) is 4.41. The van der Waals surface area contributed by atoms with E-state index in [9.17, 15) is 0 Å². The van der Waals surface area contributed by atoms with Crippen LogP contribution in [0.5, 0.6) is 0 Å². The number of hydrogen-bond donors (Lipinski definition) is 0. The zero-order valence-corrected chi connectivity index (χ0v) is 12.9. The van der Waals surface area contributed by atoms with Crippen molar-refractivity contribution in [3.63, 3.8) is 0 Å². The minimum absolute atomic E-state index is 0.488. The molecule has 20 heavy (non-hydrogen) atoms. The van der Waals surface area contributed by atoms with Crippen LogP contribution in [0, 0.1) is 6.92 Å². The second kappa shape index (κ2) is 6.27. The Morgan fingerprint density at radius 3 is 2.50 bits per heavy atom. The van der Waals surface area contributed by atoms with Crippen LogP contribution in [0.15, 0.2) is 6.20 Å². The van der Waals surface area contributed by atoms with Crippen LogP contribution < -0.4 is 4.90 Å². The summed E-state index contributed by atoms with van der Waals surface area (Å²) in [5.41, 5.74) is 2.03. The van der Waals surface area contributed by atoms with E-state index in [2.05, 4.69) is 19.8 Å². The minimum atomic E-state index is 0.488. The van der Waals surface area contributed by atoms with Crippen molar-refractivity contribution >= 4 is 17.5 Å². The van der Waals surface area contributed by atoms with Gasteiger partial charge in [-0.3, -0.25) is 4.90 Å². The van der Waals surface area contributed by atoms with E-state index < -0.39 is 0 Å². The topological polar surface area (TPSA) is 32.3 Å². The Bertz CT molecular complexity index is 451. The quantitative estimate of drug-likeness (QED) is 0.802. The van der Waals surface area contributed by atoms with Crippen LogP contribution in [0.1, 0.15) is 36.9 Å². The van der Waals surface area contributed by atoms with E-state index in [1.807, 2.05) is 13.1 Å². The largest absolute Gasteiger partial charge is 0.338 e. The van der Waals surface area contributed by atoms with E-state index in [-0.39, 0.29) is 0 Å². The summed E-state index contributed by atoms with van der Waals surface area (Å²) in [4.78, 5) is 14.0. The molecule has 0 aromatic carbocycles. The predicted octanol–water partition coefficient (Wildman–Crippen LogP) is 2.59. The maximum Gasteiger partial charge on any atom is 0.225 e. The highest BCUT2D eigenvalue weighted by Gasteiger charge is 2.26. The van der Waals surface area contributed by atoms with Crippen LogP contribution in [0.4, 0.5) is 5.95 Å². The molecule has 5 heteroatoms. The van der Waals surface area contributed by atoms with E-state index in [0.29, 0.717) is 5.88 Å². The molecule has 0 bridgehead atoms. The molecule has 1 saturated heterocycles. The van der Waals surface area contributed by atoms with E-state index in [1.165, 1.54) is 25.7 Å². The Labute approximate surface area is 126 Å². The number of piperazine rings is 1. The molecule has 110 valence electrons. The summed E-state index contributed by atoms with van der Waals surface area (Å²) in [6.07, 6.45) is 7.47. The summed E-state index contributed by atoms with van der Waals surface area (Å²) < 4.78 is 0. The van der Waals surface area contributed by atoms with E-state index in [1.54, 1.807) is 0 Å². The first kappa shape index (κ1) is 14.1. The van der Waals surface area contributed by atoms with Crippen molar-refractivity contribution in [1.29, 1.82) is 0 Å². The van der Waals surface area contributed by atoms with Crippen molar-refractivity contribution in [2.75, 3.05) is 31.1 Å². The third-order valence-corrected chi connectivity index (χ3v) is 4.94. The normalized spacial score (nSPS) is 21.6. The summed E-state index contributed by atoms with van der Waals surface area (Å²) in [5, 5.41) is 0. The fourth-order valence-corrected chi connectivity index (χ4v) is 3.58. The van der Waals surface area contributed by atoms with Crippen molar-refractivity contribution in [2.24, 2.45) is 0 Å². The molecule has 0 N–H and O–H groups in total. The molecule has 2 aliphatic rings. The van der Waals surface area contributed by atoms with Crippen LogP contribution in [0.2, 0.25) is 0 Å². The number of rotatable bonds is 3. The third-order valence-electron chi connectivity index (χ3n) is 4.65. The molecule has 0 unspecified atom stereocenters. The highest BCUT2D eigenvalue weighted by Crippen LogP contribution is 2.25. The van der Waals surface area contributed by atoms with Crippen LogP contribution in [0.3, 0.4) is 0 Å². The van der Waals surface area contributed by atoms with Gasteiger partial charge >= 0.3 is 0 Å². The van der Waals surface area contributed by atoms with Crippen LogP contribution >= 0.6 is 11.6 Å². The Morgan fingerprint density at radius 2 is 1.90 bits per heavy atom. The average Bonchev–Trinajstić information content (AvgIpc) is 3.01. The number of aryl methyl sites for hydroxylation is 1. The average molecular weight is 295 g/mol. The molecular formula is C15H23ClN4. The molecule has 2 heterocycles. The van der Waals surface area contributed by atoms with E-state index in [4.69, 9.17) is 11.6 Å². The zero-order valence-electron chi connectivity index (χ0n) is 12.2. The number of halogens is 1. The standard InChI is InChI=1S/C15H23ClN4/c1-12-13(10-16)11-17-15(18-12)20-8-6-19(7-9-20)14-4-2-3-5-14/h11,14H,2-10H2,1H3. The molecule has 0 amide bonds. The first-order chi connectivity index (χ1) is 9.78. The minimum Gasteiger partial charge on any atom is -0.338 e. The fraction of sp³-hybridized carbons (Fsp3) is 0.733. The van der Waals surface area contributed by atoms with Gasteiger partial charge in [-0.2, -0.15) is 0 Å². The molecule has 0 spiro atoms. The van der Waals surface area contributed by atoms with Gasteiger partial charge in [0.05, 0.1) is 5.88 Å². The van der Waals surface area contributed by atoms with Gasteiger partial charge < -0.3 is 4.90 Å². The van der Waals surface area contributed by atoms with Gasteiger partial charge in [-0.25, -0.2) is 9.97 Å². The van der Waals surface area contributed by atoms with Crippen molar-refractivity contribution in [1.82, 2.24) is 14.9 Å². The van der Waals surface area contributed by atoms with Gasteiger partial charge in [-0.1, -0.05) is 12.8 Å². The molecule has 3 rings (SSSR count). The second-order valence-electron chi connectivity index (χ2n) is 5.88. The number of nitrogens with zero attached hydrogens (tertiary/aromatic N) is 4. The molecule has 2 fully saturated rings. The highest BCUT2D eigenvalue weighted by molar-refractivity contribution is 6.17. The summed E-state index contributed by atoms with van der Waals surface area (Å²) in [5.74, 6) is 1.35. The lowest BCUT2D eigenvalue weighted by Gasteiger charge is -2.38. The second-order valence-corrected chi connectivity index (χ2v) is 6.14. The molecular weight excluding hydrogens is 272 g/mol. The SMILES string of the molecule is Cc1nc(N2CCN(C3CCCC3)CC2)ncc1CCl. The summed E-state index contributed by atoms with van der Waals surface area (Å²) in [6, 6.07) is 0.832. The maximum absolute atomic E-state index is 5.86. The third kappa shape index (κ3) is 2.91. The molecule has 0 atom stereocenters. The number of aromatic nitrogens is 2. The van der Waals surface area contributed by atoms with Gasteiger partial charge in [0.2, 0.25) is 5.95 Å². The van der Waals surface area contributed by atoms with Crippen molar-refractivity contribution in [3.8, 4) is 0 Å². The highest BCUT2D eigenvalue weighted by atomic mass is 35.5. The Morgan fingerprint density at radius 1 is 1.20 bits per heavy atom. The molecule has 1 aromatic rings. The molecule has 1 aliphatic carbocycles.